The van der Waals surface area contributed by atoms with Gasteiger partial charge in [0.25, 0.3) is 0 Å². The number of carbonyl (C=O) groups excluding carboxylic acids is 2. The number of rotatable bonds is 0. The Kier molecular flexibility index (Phi) is 2.46. The largest absolute Gasteiger partial charge is 0.458 e. The van der Waals surface area contributed by atoms with Crippen LogP contribution in [0.4, 0.5) is 0 Å². The maximum atomic E-state index is 12.2. The lowest BCUT2D eigenvalue weighted by Gasteiger charge is -2.56. The molecule has 0 amide bonds. The van der Waals surface area contributed by atoms with E-state index < -0.39 is 0 Å². The van der Waals surface area contributed by atoms with Crippen LogP contribution < -0.4 is 0 Å². The molecule has 0 aromatic rings. The van der Waals surface area contributed by atoms with Gasteiger partial charge in [0.15, 0.2) is 5.78 Å². The summed E-state index contributed by atoms with van der Waals surface area (Å²) in [5.41, 5.74) is 1.24. The number of hydrogen-bond donors (Lipinski definition) is 0. The Hall–Kier alpha value is -1.16. The summed E-state index contributed by atoms with van der Waals surface area (Å²) in [6.07, 6.45) is 9.85. The van der Waals surface area contributed by atoms with Gasteiger partial charge in [0.2, 0.25) is 0 Å². The fraction of sp³-hybridized carbons (Fsp3) is 0.826. The molecule has 0 bridgehead atoms. The summed E-state index contributed by atoms with van der Waals surface area (Å²) in [6, 6.07) is 0. The molecule has 0 aromatic heterocycles. The third-order valence-corrected chi connectivity index (χ3v) is 10.4. The molecule has 0 N–H and O–H groups in total. The molecule has 27 heavy (non-hydrogen) atoms. The van der Waals surface area contributed by atoms with Crippen molar-refractivity contribution in [3.05, 3.63) is 11.6 Å². The van der Waals surface area contributed by atoms with Gasteiger partial charge in [-0.25, -0.2) is 0 Å². The van der Waals surface area contributed by atoms with E-state index in [2.05, 4.69) is 13.8 Å². The van der Waals surface area contributed by atoms with Gasteiger partial charge in [-0.1, -0.05) is 19.4 Å². The summed E-state index contributed by atoms with van der Waals surface area (Å²) in [5.74, 6) is 2.77. The quantitative estimate of drug-likeness (QED) is 0.484. The van der Waals surface area contributed by atoms with Crippen molar-refractivity contribution in [2.75, 3.05) is 0 Å². The van der Waals surface area contributed by atoms with Crippen LogP contribution in [0, 0.1) is 34.5 Å². The molecule has 2 spiro atoms. The molecule has 4 heteroatoms. The molecule has 9 atom stereocenters. The Morgan fingerprint density at radius 1 is 1.11 bits per heavy atom. The molecule has 7 aliphatic rings. The van der Waals surface area contributed by atoms with E-state index in [9.17, 15) is 9.59 Å². The van der Waals surface area contributed by atoms with Gasteiger partial charge in [0.1, 0.15) is 11.2 Å². The topological polar surface area (TPSA) is 55.9 Å². The van der Waals surface area contributed by atoms with Crippen molar-refractivity contribution in [1.82, 2.24) is 0 Å². The Labute approximate surface area is 160 Å². The second kappa shape index (κ2) is 4.22. The predicted octanol–water partition coefficient (Wildman–Crippen LogP) is 3.58. The van der Waals surface area contributed by atoms with Crippen molar-refractivity contribution in [3.8, 4) is 0 Å². The predicted molar refractivity (Wildman–Crippen MR) is 96.6 cm³/mol. The van der Waals surface area contributed by atoms with Crippen molar-refractivity contribution in [2.24, 2.45) is 34.5 Å². The molecule has 2 heterocycles. The highest BCUT2D eigenvalue weighted by atomic mass is 16.6. The van der Waals surface area contributed by atoms with Gasteiger partial charge in [-0.05, 0) is 68.3 Å². The lowest BCUT2D eigenvalue weighted by atomic mass is 9.46. The van der Waals surface area contributed by atoms with Gasteiger partial charge in [-0.2, -0.15) is 0 Å². The highest BCUT2D eigenvalue weighted by Crippen LogP contribution is 2.82. The number of esters is 1. The van der Waals surface area contributed by atoms with Crippen molar-refractivity contribution < 1.29 is 19.1 Å². The molecule has 6 fully saturated rings. The number of hydrogen-bond acceptors (Lipinski definition) is 4. The second-order valence-corrected chi connectivity index (χ2v) is 11.1. The van der Waals surface area contributed by atoms with E-state index in [-0.39, 0.29) is 34.1 Å². The Balaban J connectivity index is 1.36. The third-order valence-electron chi connectivity index (χ3n) is 10.4. The van der Waals surface area contributed by atoms with Crippen molar-refractivity contribution in [2.45, 2.75) is 82.5 Å². The standard InChI is InChI=1S/C23H28O4/c1-20-6-3-12(24)9-16(20)13-10-14(13)19-15-4-7-22(8-5-18(25)27-22)21(15,2)11-17-23(19,20)26-17/h9,13-15,17,19H,3-8,10-11H2,1-2H3/t13-,14+,15+,17?,19+,20+,21-,22-,23?/m1/s1. The molecule has 4 nitrogen and oxygen atoms in total. The summed E-state index contributed by atoms with van der Waals surface area (Å²) in [7, 11) is 0. The first-order valence-electron chi connectivity index (χ1n) is 11.0. The third kappa shape index (κ3) is 1.47. The Bertz CT molecular complexity index is 845. The van der Waals surface area contributed by atoms with E-state index in [1.807, 2.05) is 6.08 Å². The SMILES string of the molecule is C[C@]12CCC(=O)C=C1[C@@H]1C[C@@H]1[C@H]1[C@@H]3CC[C@@]4(CCC(=O)O4)[C@]3(C)CC3OC312. The van der Waals surface area contributed by atoms with Gasteiger partial charge in [0.05, 0.1) is 6.10 Å². The van der Waals surface area contributed by atoms with Gasteiger partial charge < -0.3 is 9.47 Å². The summed E-state index contributed by atoms with van der Waals surface area (Å²) >= 11 is 0. The first-order valence-corrected chi connectivity index (χ1v) is 11.0. The van der Waals surface area contributed by atoms with Crippen LogP contribution in [0.15, 0.2) is 11.6 Å². The normalized spacial score (nSPS) is 62.0. The molecule has 0 radical (unpaired) electrons. The van der Waals surface area contributed by atoms with E-state index in [0.717, 1.165) is 25.7 Å². The van der Waals surface area contributed by atoms with E-state index in [0.29, 0.717) is 42.3 Å². The molecule has 7 rings (SSSR count). The number of ketones is 1. The van der Waals surface area contributed by atoms with Gasteiger partial charge in [-0.3, -0.25) is 9.59 Å². The zero-order valence-electron chi connectivity index (χ0n) is 16.3. The average molecular weight is 368 g/mol. The van der Waals surface area contributed by atoms with Crippen LogP contribution in [0.2, 0.25) is 0 Å². The zero-order valence-corrected chi connectivity index (χ0v) is 16.3. The number of carbonyl (C=O) groups is 2. The van der Waals surface area contributed by atoms with Crippen LogP contribution in [0.3, 0.4) is 0 Å². The Morgan fingerprint density at radius 3 is 2.74 bits per heavy atom. The first kappa shape index (κ1) is 15.7. The summed E-state index contributed by atoms with van der Waals surface area (Å²) in [5, 5.41) is 0. The maximum absolute atomic E-state index is 12.2. The highest BCUT2D eigenvalue weighted by molar-refractivity contribution is 5.92. The lowest BCUT2D eigenvalue weighted by Crippen LogP contribution is -2.60. The van der Waals surface area contributed by atoms with E-state index >= 15 is 0 Å². The number of ether oxygens (including phenoxy) is 2. The summed E-state index contributed by atoms with van der Waals surface area (Å²) in [4.78, 5) is 24.2. The summed E-state index contributed by atoms with van der Waals surface area (Å²) in [6.45, 7) is 4.81. The van der Waals surface area contributed by atoms with Crippen molar-refractivity contribution >= 4 is 11.8 Å². The van der Waals surface area contributed by atoms with Crippen molar-refractivity contribution in [3.63, 3.8) is 0 Å². The minimum absolute atomic E-state index is 0.00124. The number of fused-ring (bicyclic) bond motifs is 7. The Morgan fingerprint density at radius 2 is 1.96 bits per heavy atom. The molecule has 144 valence electrons. The van der Waals surface area contributed by atoms with Gasteiger partial charge in [-0.15, -0.1) is 0 Å². The highest BCUT2D eigenvalue weighted by Gasteiger charge is 2.85. The van der Waals surface area contributed by atoms with Crippen molar-refractivity contribution in [1.29, 1.82) is 0 Å². The fourth-order valence-electron chi connectivity index (χ4n) is 9.12. The molecule has 2 aliphatic heterocycles. The maximum Gasteiger partial charge on any atom is 0.306 e. The number of epoxide rings is 1. The fourth-order valence-corrected chi connectivity index (χ4v) is 9.12. The average Bonchev–Trinajstić information content (AvgIpc) is 3.49. The minimum Gasteiger partial charge on any atom is -0.458 e. The van der Waals surface area contributed by atoms with Crippen LogP contribution in [0.1, 0.15) is 65.2 Å². The molecular formula is C23H28O4. The van der Waals surface area contributed by atoms with Gasteiger partial charge in [0, 0.05) is 23.7 Å². The molecular weight excluding hydrogens is 340 g/mol. The minimum atomic E-state index is -0.239. The van der Waals surface area contributed by atoms with Crippen LogP contribution in [-0.4, -0.2) is 29.1 Å². The van der Waals surface area contributed by atoms with Crippen LogP contribution in [0.25, 0.3) is 0 Å². The monoisotopic (exact) mass is 368 g/mol. The lowest BCUT2D eigenvalue weighted by molar-refractivity contribution is -0.164. The zero-order chi connectivity index (χ0) is 18.4. The first-order chi connectivity index (χ1) is 12.8. The van der Waals surface area contributed by atoms with Crippen LogP contribution in [-0.2, 0) is 19.1 Å². The van der Waals surface area contributed by atoms with Gasteiger partial charge >= 0.3 is 5.97 Å². The van der Waals surface area contributed by atoms with Crippen LogP contribution in [0.5, 0.6) is 0 Å². The molecule has 2 unspecified atom stereocenters. The van der Waals surface area contributed by atoms with Crippen LogP contribution >= 0.6 is 0 Å². The molecule has 4 saturated carbocycles. The van der Waals surface area contributed by atoms with E-state index in [4.69, 9.17) is 9.47 Å². The van der Waals surface area contributed by atoms with E-state index in [1.54, 1.807) is 0 Å². The molecule has 2 saturated heterocycles. The van der Waals surface area contributed by atoms with E-state index in [1.165, 1.54) is 18.4 Å². The second-order valence-electron chi connectivity index (χ2n) is 11.1. The molecule has 5 aliphatic carbocycles. The molecule has 0 aromatic carbocycles. The summed E-state index contributed by atoms with van der Waals surface area (Å²) < 4.78 is 12.8. The smallest absolute Gasteiger partial charge is 0.306 e.